The summed E-state index contributed by atoms with van der Waals surface area (Å²) >= 11 is 0. The lowest BCUT2D eigenvalue weighted by Crippen LogP contribution is -2.55. The highest BCUT2D eigenvalue weighted by Crippen LogP contribution is 2.35. The third kappa shape index (κ3) is 3.49. The Kier molecular flexibility index (Phi) is 4.76. The number of piperidine rings is 1. The molecule has 1 fully saturated rings. The Hall–Kier alpha value is -4.35. The molecule has 12 heteroatoms. The summed E-state index contributed by atoms with van der Waals surface area (Å²) in [5.74, 6) is -0.855. The van der Waals surface area contributed by atoms with Gasteiger partial charge in [0.05, 0.1) is 6.54 Å². The van der Waals surface area contributed by atoms with Gasteiger partial charge in [0, 0.05) is 31.0 Å². The quantitative estimate of drug-likeness (QED) is 0.544. The third-order valence-corrected chi connectivity index (χ3v) is 6.42. The molecule has 6 rings (SSSR count). The number of imide groups is 2. The molecule has 1 N–H and O–H groups in total. The maximum Gasteiger partial charge on any atom is 0.278 e. The molecule has 178 valence electrons. The van der Waals surface area contributed by atoms with Gasteiger partial charge >= 0.3 is 0 Å². The number of benzene rings is 1. The molecule has 3 aliphatic heterocycles. The normalized spacial score (nSPS) is 20.8. The largest absolute Gasteiger partial charge is 0.441 e. The number of amides is 4. The van der Waals surface area contributed by atoms with Crippen LogP contribution in [0.5, 0.6) is 0 Å². The van der Waals surface area contributed by atoms with Crippen LogP contribution in [0.15, 0.2) is 38.4 Å². The maximum atomic E-state index is 13.3. The number of aryl methyl sites for hydroxylation is 1. The number of hydrogen-bond acceptors (Lipinski definition) is 10. The van der Waals surface area contributed by atoms with Crippen molar-refractivity contribution in [1.29, 1.82) is 0 Å². The Morgan fingerprint density at radius 2 is 1.97 bits per heavy atom. The molecule has 5 heterocycles. The highest BCUT2D eigenvalue weighted by Gasteiger charge is 2.48. The molecule has 12 nitrogen and oxygen atoms in total. The van der Waals surface area contributed by atoms with Gasteiger partial charge in [0.1, 0.15) is 17.3 Å². The van der Waals surface area contributed by atoms with E-state index < -0.39 is 29.7 Å². The van der Waals surface area contributed by atoms with Crippen molar-refractivity contribution in [3.63, 3.8) is 0 Å². The Morgan fingerprint density at radius 3 is 2.80 bits per heavy atom. The molecule has 1 unspecified atom stereocenters. The van der Waals surface area contributed by atoms with Gasteiger partial charge in [-0.05, 0) is 37.5 Å². The first-order valence-electron chi connectivity index (χ1n) is 11.3. The molecule has 0 spiro atoms. The van der Waals surface area contributed by atoms with Gasteiger partial charge in [-0.2, -0.15) is 4.98 Å². The third-order valence-electron chi connectivity index (χ3n) is 6.42. The van der Waals surface area contributed by atoms with Crippen LogP contribution in [0.4, 0.5) is 0 Å². The van der Waals surface area contributed by atoms with Crippen molar-refractivity contribution < 1.29 is 28.1 Å². The standard InChI is InChI=1S/C23H20N6O6/c1-11-24-14-5-4-12(9-16(14)34-11)20-26-18(35-27-20)10-28-8-2-3-13-19(28)23(33)29(22(13)32)15-6-7-17(30)25-21(15)31/h4-5,9,15H,2-3,6-8,10H2,1H3,(H,25,30,31). The van der Waals surface area contributed by atoms with Gasteiger partial charge in [0.2, 0.25) is 23.5 Å². The van der Waals surface area contributed by atoms with E-state index in [9.17, 15) is 19.2 Å². The van der Waals surface area contributed by atoms with Crippen LogP contribution < -0.4 is 5.32 Å². The summed E-state index contributed by atoms with van der Waals surface area (Å²) in [5, 5.41) is 6.26. The van der Waals surface area contributed by atoms with Crippen LogP contribution in [0.1, 0.15) is 37.5 Å². The summed E-state index contributed by atoms with van der Waals surface area (Å²) in [4.78, 5) is 61.6. The van der Waals surface area contributed by atoms with Crippen LogP contribution >= 0.6 is 0 Å². The second-order valence-corrected chi connectivity index (χ2v) is 8.73. The van der Waals surface area contributed by atoms with E-state index in [1.165, 1.54) is 0 Å². The van der Waals surface area contributed by atoms with E-state index in [-0.39, 0.29) is 31.0 Å². The van der Waals surface area contributed by atoms with Crippen LogP contribution in [0, 0.1) is 6.92 Å². The maximum absolute atomic E-state index is 13.3. The minimum Gasteiger partial charge on any atom is -0.441 e. The minimum atomic E-state index is -0.996. The highest BCUT2D eigenvalue weighted by atomic mass is 16.5. The number of oxazole rings is 1. The number of nitrogens with one attached hydrogen (secondary N) is 1. The van der Waals surface area contributed by atoms with Gasteiger partial charge in [-0.15, -0.1) is 0 Å². The zero-order chi connectivity index (χ0) is 24.3. The predicted octanol–water partition coefficient (Wildman–Crippen LogP) is 1.21. The van der Waals surface area contributed by atoms with Crippen molar-refractivity contribution in [2.75, 3.05) is 6.54 Å². The second-order valence-electron chi connectivity index (χ2n) is 8.73. The number of hydrogen-bond donors (Lipinski definition) is 1. The molecule has 0 bridgehead atoms. The SMILES string of the molecule is Cc1nc2ccc(-c3noc(CN4CCCC5=C4C(=O)N(C4CCC(=O)NC4=O)C5=O)n3)cc2o1. The minimum absolute atomic E-state index is 0.0754. The molecule has 3 aromatic rings. The van der Waals surface area contributed by atoms with E-state index >= 15 is 0 Å². The molecule has 1 saturated heterocycles. The first-order chi connectivity index (χ1) is 16.9. The van der Waals surface area contributed by atoms with E-state index in [0.29, 0.717) is 47.8 Å². The number of rotatable bonds is 4. The number of fused-ring (bicyclic) bond motifs is 1. The average molecular weight is 476 g/mol. The van der Waals surface area contributed by atoms with Crippen molar-refractivity contribution in [3.8, 4) is 11.4 Å². The van der Waals surface area contributed by atoms with E-state index in [0.717, 1.165) is 10.4 Å². The zero-order valence-corrected chi connectivity index (χ0v) is 18.7. The van der Waals surface area contributed by atoms with Crippen LogP contribution in [0.2, 0.25) is 0 Å². The van der Waals surface area contributed by atoms with Gasteiger partial charge in [0.15, 0.2) is 11.5 Å². The van der Waals surface area contributed by atoms with E-state index in [1.807, 2.05) is 12.1 Å². The molecule has 0 aliphatic carbocycles. The van der Waals surface area contributed by atoms with Crippen LogP contribution in [-0.2, 0) is 25.7 Å². The fourth-order valence-electron chi connectivity index (χ4n) is 4.84. The molecule has 0 saturated carbocycles. The van der Waals surface area contributed by atoms with Gasteiger partial charge in [-0.3, -0.25) is 29.4 Å². The van der Waals surface area contributed by atoms with Crippen molar-refractivity contribution in [2.24, 2.45) is 0 Å². The molecule has 4 amide bonds. The van der Waals surface area contributed by atoms with Crippen molar-refractivity contribution in [2.45, 2.75) is 45.2 Å². The predicted molar refractivity (Wildman–Crippen MR) is 117 cm³/mol. The van der Waals surface area contributed by atoms with Gasteiger partial charge in [-0.1, -0.05) is 5.16 Å². The summed E-state index contributed by atoms with van der Waals surface area (Å²) in [6, 6.07) is 4.41. The number of aromatic nitrogens is 3. The summed E-state index contributed by atoms with van der Waals surface area (Å²) in [7, 11) is 0. The van der Waals surface area contributed by atoms with E-state index in [2.05, 4.69) is 20.4 Å². The molecule has 1 aromatic carbocycles. The Labute approximate surface area is 197 Å². The average Bonchev–Trinajstić information content (AvgIpc) is 3.51. The second kappa shape index (κ2) is 7.86. The van der Waals surface area contributed by atoms with Crippen molar-refractivity contribution in [3.05, 3.63) is 41.3 Å². The number of carbonyl (C=O) groups excluding carboxylic acids is 4. The molecule has 2 aromatic heterocycles. The van der Waals surface area contributed by atoms with Crippen LogP contribution in [-0.4, -0.2) is 61.1 Å². The molecular weight excluding hydrogens is 456 g/mol. The van der Waals surface area contributed by atoms with Gasteiger partial charge < -0.3 is 13.8 Å². The molecule has 0 radical (unpaired) electrons. The Morgan fingerprint density at radius 1 is 1.11 bits per heavy atom. The van der Waals surface area contributed by atoms with Gasteiger partial charge in [-0.25, -0.2) is 4.98 Å². The van der Waals surface area contributed by atoms with E-state index in [4.69, 9.17) is 8.94 Å². The topological polar surface area (TPSA) is 152 Å². The summed E-state index contributed by atoms with van der Waals surface area (Å²) in [5.41, 5.74) is 2.66. The summed E-state index contributed by atoms with van der Waals surface area (Å²) < 4.78 is 11.0. The van der Waals surface area contributed by atoms with Crippen LogP contribution in [0.3, 0.4) is 0 Å². The Bertz CT molecular complexity index is 1450. The van der Waals surface area contributed by atoms with Crippen LogP contribution in [0.25, 0.3) is 22.5 Å². The van der Waals surface area contributed by atoms with Crippen molar-refractivity contribution in [1.82, 2.24) is 30.2 Å². The lowest BCUT2D eigenvalue weighted by molar-refractivity contribution is -0.150. The van der Waals surface area contributed by atoms with E-state index in [1.54, 1.807) is 17.9 Å². The first kappa shape index (κ1) is 21.2. The molecule has 35 heavy (non-hydrogen) atoms. The zero-order valence-electron chi connectivity index (χ0n) is 18.7. The molecular formula is C23H20N6O6. The molecule has 3 aliphatic rings. The Balaban J connectivity index is 1.24. The first-order valence-corrected chi connectivity index (χ1v) is 11.3. The monoisotopic (exact) mass is 476 g/mol. The fraction of sp³-hybridized carbons (Fsp3) is 0.348. The summed E-state index contributed by atoms with van der Waals surface area (Å²) in [6.45, 7) is 2.42. The number of nitrogens with zero attached hydrogens (tertiary/aromatic N) is 5. The molecule has 1 atom stereocenters. The highest BCUT2D eigenvalue weighted by molar-refractivity contribution is 6.21. The lowest BCUT2D eigenvalue weighted by atomic mass is 10.0. The van der Waals surface area contributed by atoms with Crippen molar-refractivity contribution >= 4 is 34.7 Å². The fourth-order valence-corrected chi connectivity index (χ4v) is 4.84. The summed E-state index contributed by atoms with van der Waals surface area (Å²) in [6.07, 6.45) is 1.28. The lowest BCUT2D eigenvalue weighted by Gasteiger charge is -2.29. The number of carbonyl (C=O) groups is 4. The smallest absolute Gasteiger partial charge is 0.278 e. The van der Waals surface area contributed by atoms with Gasteiger partial charge in [0.25, 0.3) is 11.8 Å².